The molecule has 0 saturated heterocycles. The minimum atomic E-state index is -4.56. The van der Waals surface area contributed by atoms with E-state index in [0.29, 0.717) is 0 Å². The zero-order valence-electron chi connectivity index (χ0n) is 8.03. The quantitative estimate of drug-likeness (QED) is 0.692. The number of halogens is 5. The van der Waals surface area contributed by atoms with E-state index < -0.39 is 33.7 Å². The summed E-state index contributed by atoms with van der Waals surface area (Å²) in [6, 6.07) is 0. The Hall–Kier alpha value is -0.220. The highest BCUT2D eigenvalue weighted by Gasteiger charge is 2.60. The minimum Gasteiger partial charge on any atom is -0.281 e. The molecule has 1 rings (SSSR count). The molecular formula is C9H9Cl2F3O. The van der Waals surface area contributed by atoms with Crippen molar-refractivity contribution in [1.29, 1.82) is 0 Å². The third-order valence-corrected chi connectivity index (χ3v) is 3.33. The number of carbonyl (C=O) groups excluding carboxylic acids is 1. The van der Waals surface area contributed by atoms with Gasteiger partial charge in [0.2, 0.25) is 5.24 Å². The molecule has 1 fully saturated rings. The molecular weight excluding hydrogens is 252 g/mol. The lowest BCUT2D eigenvalue weighted by Gasteiger charge is -2.04. The van der Waals surface area contributed by atoms with Crippen molar-refractivity contribution >= 4 is 28.4 Å². The van der Waals surface area contributed by atoms with Crippen molar-refractivity contribution in [3.63, 3.8) is 0 Å². The lowest BCUT2D eigenvalue weighted by Crippen LogP contribution is -2.07. The summed E-state index contributed by atoms with van der Waals surface area (Å²) >= 11 is 10.3. The molecule has 0 amide bonds. The van der Waals surface area contributed by atoms with Gasteiger partial charge in [-0.05, 0) is 22.9 Å². The maximum atomic E-state index is 12.1. The molecule has 1 aliphatic rings. The monoisotopic (exact) mass is 260 g/mol. The van der Waals surface area contributed by atoms with Crippen LogP contribution >= 0.6 is 23.2 Å². The van der Waals surface area contributed by atoms with Gasteiger partial charge in [-0.25, -0.2) is 0 Å². The average Bonchev–Trinajstić information content (AvgIpc) is 2.50. The molecule has 0 N–H and O–H groups in total. The first-order valence-electron chi connectivity index (χ1n) is 4.22. The van der Waals surface area contributed by atoms with Gasteiger partial charge in [0, 0.05) is 5.92 Å². The van der Waals surface area contributed by atoms with E-state index in [1.54, 1.807) is 13.8 Å². The molecule has 0 spiro atoms. The molecule has 0 bridgehead atoms. The lowest BCUT2D eigenvalue weighted by molar-refractivity contribution is -0.113. The SMILES string of the molecule is CC1(C)[C@H](C(=O)Cl)[C@@H]1/C=C(/Cl)C(F)(F)F. The highest BCUT2D eigenvalue weighted by Crippen LogP contribution is 2.60. The van der Waals surface area contributed by atoms with Gasteiger partial charge in [-0.15, -0.1) is 0 Å². The van der Waals surface area contributed by atoms with Crippen LogP contribution in [0.2, 0.25) is 0 Å². The summed E-state index contributed by atoms with van der Waals surface area (Å²) in [5, 5.41) is -1.81. The Balaban J connectivity index is 2.83. The molecule has 86 valence electrons. The predicted molar refractivity (Wildman–Crippen MR) is 51.6 cm³/mol. The fraction of sp³-hybridized carbons (Fsp3) is 0.667. The van der Waals surface area contributed by atoms with Crippen molar-refractivity contribution in [1.82, 2.24) is 0 Å². The maximum Gasteiger partial charge on any atom is 0.426 e. The number of rotatable bonds is 2. The van der Waals surface area contributed by atoms with Crippen LogP contribution in [0.25, 0.3) is 0 Å². The number of hydrogen-bond acceptors (Lipinski definition) is 1. The largest absolute Gasteiger partial charge is 0.426 e. The highest BCUT2D eigenvalue weighted by atomic mass is 35.5. The third-order valence-electron chi connectivity index (χ3n) is 2.75. The van der Waals surface area contributed by atoms with Gasteiger partial charge in [-0.1, -0.05) is 31.5 Å². The molecule has 1 nitrogen and oxygen atoms in total. The third kappa shape index (κ3) is 2.48. The topological polar surface area (TPSA) is 17.1 Å². The van der Waals surface area contributed by atoms with Crippen molar-refractivity contribution in [2.75, 3.05) is 0 Å². The molecule has 1 aliphatic carbocycles. The molecule has 0 unspecified atom stereocenters. The highest BCUT2D eigenvalue weighted by molar-refractivity contribution is 6.64. The van der Waals surface area contributed by atoms with E-state index in [4.69, 9.17) is 23.2 Å². The smallest absolute Gasteiger partial charge is 0.281 e. The van der Waals surface area contributed by atoms with Gasteiger partial charge < -0.3 is 0 Å². The lowest BCUT2D eigenvalue weighted by atomic mass is 10.1. The van der Waals surface area contributed by atoms with E-state index in [1.807, 2.05) is 0 Å². The molecule has 0 aromatic rings. The van der Waals surface area contributed by atoms with Gasteiger partial charge in [0.05, 0.1) is 0 Å². The molecule has 0 aliphatic heterocycles. The summed E-state index contributed by atoms with van der Waals surface area (Å²) in [5.41, 5.74) is -0.537. The first-order chi connectivity index (χ1) is 6.58. The van der Waals surface area contributed by atoms with Gasteiger partial charge in [0.25, 0.3) is 0 Å². The van der Waals surface area contributed by atoms with E-state index in [9.17, 15) is 18.0 Å². The number of alkyl halides is 3. The normalized spacial score (nSPS) is 30.2. The van der Waals surface area contributed by atoms with E-state index in [1.165, 1.54) is 0 Å². The van der Waals surface area contributed by atoms with E-state index in [2.05, 4.69) is 0 Å². The van der Waals surface area contributed by atoms with Crippen LogP contribution in [0.15, 0.2) is 11.1 Å². The van der Waals surface area contributed by atoms with Crippen LogP contribution in [-0.4, -0.2) is 11.4 Å². The number of carbonyl (C=O) groups is 1. The van der Waals surface area contributed by atoms with Crippen LogP contribution in [0.3, 0.4) is 0 Å². The number of hydrogen-bond donors (Lipinski definition) is 0. The molecule has 2 atom stereocenters. The summed E-state index contributed by atoms with van der Waals surface area (Å²) in [6.45, 7) is 3.36. The molecule has 0 aromatic heterocycles. The Bertz CT molecular complexity index is 320. The summed E-state index contributed by atoms with van der Waals surface area (Å²) in [5.74, 6) is -1.10. The van der Waals surface area contributed by atoms with Crippen molar-refractivity contribution in [3.05, 3.63) is 11.1 Å². The fourth-order valence-corrected chi connectivity index (χ4v) is 2.23. The minimum absolute atomic E-state index is 0.531. The second-order valence-corrected chi connectivity index (χ2v) is 4.92. The Morgan fingerprint density at radius 1 is 1.33 bits per heavy atom. The fourth-order valence-electron chi connectivity index (χ4n) is 1.67. The van der Waals surface area contributed by atoms with Crippen molar-refractivity contribution in [2.24, 2.45) is 17.3 Å². The second-order valence-electron chi connectivity index (χ2n) is 4.14. The molecule has 0 aromatic carbocycles. The molecule has 15 heavy (non-hydrogen) atoms. The van der Waals surface area contributed by atoms with E-state index in [-0.39, 0.29) is 0 Å². The zero-order chi connectivity index (χ0) is 12.0. The Labute approximate surface area is 95.2 Å². The second kappa shape index (κ2) is 3.67. The average molecular weight is 261 g/mol. The molecule has 1 saturated carbocycles. The maximum absolute atomic E-state index is 12.1. The summed E-state index contributed by atoms with van der Waals surface area (Å²) < 4.78 is 36.3. The van der Waals surface area contributed by atoms with Gasteiger partial charge >= 0.3 is 6.18 Å². The van der Waals surface area contributed by atoms with Crippen LogP contribution in [0, 0.1) is 17.3 Å². The molecule has 0 heterocycles. The van der Waals surface area contributed by atoms with Crippen molar-refractivity contribution in [3.8, 4) is 0 Å². The van der Waals surface area contributed by atoms with Gasteiger partial charge in [-0.2, -0.15) is 13.2 Å². The summed E-state index contributed by atoms with van der Waals surface area (Å²) in [4.78, 5) is 10.9. The zero-order valence-corrected chi connectivity index (χ0v) is 9.54. The van der Waals surface area contributed by atoms with Crippen LogP contribution in [0.5, 0.6) is 0 Å². The van der Waals surface area contributed by atoms with Crippen molar-refractivity contribution < 1.29 is 18.0 Å². The van der Waals surface area contributed by atoms with E-state index in [0.717, 1.165) is 6.08 Å². The van der Waals surface area contributed by atoms with Crippen LogP contribution < -0.4 is 0 Å². The van der Waals surface area contributed by atoms with Gasteiger partial charge in [0.1, 0.15) is 5.03 Å². The Morgan fingerprint density at radius 2 is 1.80 bits per heavy atom. The first-order valence-corrected chi connectivity index (χ1v) is 4.98. The first kappa shape index (κ1) is 12.8. The summed E-state index contributed by atoms with van der Waals surface area (Å²) in [6.07, 6.45) is -3.69. The standard InChI is InChI=1S/C9H9Cl2F3O/c1-8(2)4(6(8)7(11)15)3-5(10)9(12,13)14/h3-4,6H,1-2H3/b5-3+/t4-,6-/m0/s1. The van der Waals surface area contributed by atoms with Gasteiger partial charge in [0.15, 0.2) is 0 Å². The van der Waals surface area contributed by atoms with E-state index >= 15 is 0 Å². The van der Waals surface area contributed by atoms with Crippen LogP contribution in [-0.2, 0) is 4.79 Å². The predicted octanol–water partition coefficient (Wildman–Crippen LogP) is 3.71. The molecule has 0 radical (unpaired) electrons. The summed E-state index contributed by atoms with van der Waals surface area (Å²) in [7, 11) is 0. The Morgan fingerprint density at radius 3 is 2.07 bits per heavy atom. The van der Waals surface area contributed by atoms with Gasteiger partial charge in [-0.3, -0.25) is 4.79 Å². The molecule has 6 heteroatoms. The van der Waals surface area contributed by atoms with Crippen LogP contribution in [0.1, 0.15) is 13.8 Å². The van der Waals surface area contributed by atoms with Crippen LogP contribution in [0.4, 0.5) is 13.2 Å². The Kier molecular flexibility index (Phi) is 3.14. The number of allylic oxidation sites excluding steroid dienone is 2. The van der Waals surface area contributed by atoms with Crippen molar-refractivity contribution in [2.45, 2.75) is 20.0 Å².